The van der Waals surface area contributed by atoms with Crippen molar-refractivity contribution in [3.8, 4) is 23.2 Å². The highest BCUT2D eigenvalue weighted by molar-refractivity contribution is 5.94. The minimum absolute atomic E-state index is 0.371. The number of imidazole rings is 1. The molecule has 6 nitrogen and oxygen atoms in total. The third-order valence-corrected chi connectivity index (χ3v) is 4.65. The van der Waals surface area contributed by atoms with Crippen molar-refractivity contribution < 1.29 is 14.3 Å². The van der Waals surface area contributed by atoms with E-state index in [0.717, 1.165) is 23.4 Å². The van der Waals surface area contributed by atoms with Gasteiger partial charge in [0, 0.05) is 12.1 Å². The molecule has 1 heterocycles. The Morgan fingerprint density at radius 3 is 2.53 bits per heavy atom. The van der Waals surface area contributed by atoms with Crippen molar-refractivity contribution in [1.29, 1.82) is 5.26 Å². The van der Waals surface area contributed by atoms with E-state index in [4.69, 9.17) is 14.5 Å². The summed E-state index contributed by atoms with van der Waals surface area (Å²) in [5.74, 6) is 1.71. The Bertz CT molecular complexity index is 1110. The molecule has 0 bridgehead atoms. The number of aromatic nitrogens is 2. The monoisotopic (exact) mass is 405 g/mol. The van der Waals surface area contributed by atoms with Gasteiger partial charge in [-0.15, -0.1) is 0 Å². The Morgan fingerprint density at radius 1 is 1.13 bits per heavy atom. The molecule has 0 aliphatic rings. The van der Waals surface area contributed by atoms with Crippen molar-refractivity contribution in [2.75, 3.05) is 13.7 Å². The second-order valence-electron chi connectivity index (χ2n) is 8.16. The van der Waals surface area contributed by atoms with Crippen LogP contribution in [0.4, 0.5) is 0 Å². The average molecular weight is 405 g/mol. The van der Waals surface area contributed by atoms with Gasteiger partial charge in [-0.1, -0.05) is 27.7 Å². The van der Waals surface area contributed by atoms with E-state index in [2.05, 4.69) is 38.3 Å². The van der Waals surface area contributed by atoms with E-state index in [1.807, 2.05) is 24.3 Å². The topological polar surface area (TPSA) is 77.1 Å². The minimum Gasteiger partial charge on any atom is -0.492 e. The zero-order valence-corrected chi connectivity index (χ0v) is 18.1. The highest BCUT2D eigenvalue weighted by Gasteiger charge is 2.17. The van der Waals surface area contributed by atoms with Gasteiger partial charge in [-0.2, -0.15) is 5.26 Å². The van der Waals surface area contributed by atoms with E-state index in [0.29, 0.717) is 40.8 Å². The number of carbonyl (C=O) groups excluding carboxylic acids is 1. The van der Waals surface area contributed by atoms with Gasteiger partial charge in [0.15, 0.2) is 0 Å². The molecule has 0 atom stereocenters. The summed E-state index contributed by atoms with van der Waals surface area (Å²) in [4.78, 5) is 16.7. The molecule has 0 saturated carbocycles. The molecule has 0 aliphatic heterocycles. The number of ether oxygens (including phenoxy) is 2. The number of hydrogen-bond donors (Lipinski definition) is 0. The summed E-state index contributed by atoms with van der Waals surface area (Å²) >= 11 is 0. The lowest BCUT2D eigenvalue weighted by atomic mass is 10.1. The molecule has 3 rings (SSSR count). The molecule has 2 aromatic carbocycles. The molecular weight excluding hydrogens is 378 g/mol. The van der Waals surface area contributed by atoms with Crippen LogP contribution in [-0.2, 0) is 11.3 Å². The van der Waals surface area contributed by atoms with Gasteiger partial charge in [0.25, 0.3) is 0 Å². The summed E-state index contributed by atoms with van der Waals surface area (Å²) in [6.45, 7) is 9.73. The minimum atomic E-state index is -0.393. The first-order chi connectivity index (χ1) is 14.3. The summed E-state index contributed by atoms with van der Waals surface area (Å²) in [7, 11) is 1.36. The van der Waals surface area contributed by atoms with Gasteiger partial charge >= 0.3 is 5.97 Å². The molecule has 0 aliphatic carbocycles. The van der Waals surface area contributed by atoms with Crippen molar-refractivity contribution in [2.45, 2.75) is 34.2 Å². The van der Waals surface area contributed by atoms with Crippen LogP contribution < -0.4 is 4.74 Å². The molecular formula is C24H27N3O3. The Balaban J connectivity index is 2.11. The van der Waals surface area contributed by atoms with E-state index in [9.17, 15) is 10.1 Å². The summed E-state index contributed by atoms with van der Waals surface area (Å²) in [5, 5.41) is 9.63. The SMILES string of the molecule is COC(=O)c1ccc2c(c1)nc(-c1ccc(OCC(C)C)c(C#N)c1)n2CC(C)C. The van der Waals surface area contributed by atoms with Gasteiger partial charge in [-0.05, 0) is 48.2 Å². The molecule has 0 saturated heterocycles. The van der Waals surface area contributed by atoms with Crippen LogP contribution in [0.25, 0.3) is 22.4 Å². The molecule has 0 radical (unpaired) electrons. The highest BCUT2D eigenvalue weighted by Crippen LogP contribution is 2.30. The third kappa shape index (κ3) is 4.46. The molecule has 6 heteroatoms. The Hall–Kier alpha value is -3.33. The summed E-state index contributed by atoms with van der Waals surface area (Å²) in [6.07, 6.45) is 0. The van der Waals surface area contributed by atoms with Crippen LogP contribution in [0.1, 0.15) is 43.6 Å². The standard InChI is InChI=1S/C24H27N3O3/c1-15(2)13-27-21-8-6-18(24(28)29-5)11-20(21)26-23(27)17-7-9-22(19(10-17)12-25)30-14-16(3)4/h6-11,15-16H,13-14H2,1-5H3. The van der Waals surface area contributed by atoms with Gasteiger partial charge in [-0.25, -0.2) is 9.78 Å². The van der Waals surface area contributed by atoms with E-state index in [1.54, 1.807) is 12.1 Å². The zero-order chi connectivity index (χ0) is 21.8. The molecule has 0 spiro atoms. The smallest absolute Gasteiger partial charge is 0.337 e. The largest absolute Gasteiger partial charge is 0.492 e. The van der Waals surface area contributed by atoms with Gasteiger partial charge in [0.2, 0.25) is 0 Å². The Morgan fingerprint density at radius 2 is 1.90 bits per heavy atom. The first kappa shape index (κ1) is 21.4. The first-order valence-corrected chi connectivity index (χ1v) is 10.1. The fourth-order valence-electron chi connectivity index (χ4n) is 3.28. The maximum atomic E-state index is 11.9. The third-order valence-electron chi connectivity index (χ3n) is 4.65. The zero-order valence-electron chi connectivity index (χ0n) is 18.1. The molecule has 0 unspecified atom stereocenters. The van der Waals surface area contributed by atoms with E-state index >= 15 is 0 Å². The number of hydrogen-bond acceptors (Lipinski definition) is 5. The second-order valence-corrected chi connectivity index (χ2v) is 8.16. The van der Waals surface area contributed by atoms with Crippen molar-refractivity contribution in [1.82, 2.24) is 9.55 Å². The first-order valence-electron chi connectivity index (χ1n) is 10.1. The lowest BCUT2D eigenvalue weighted by Crippen LogP contribution is -2.07. The van der Waals surface area contributed by atoms with Crippen LogP contribution in [0.15, 0.2) is 36.4 Å². The predicted molar refractivity (Wildman–Crippen MR) is 116 cm³/mol. The van der Waals surface area contributed by atoms with Crippen LogP contribution >= 0.6 is 0 Å². The van der Waals surface area contributed by atoms with Crippen LogP contribution in [0.3, 0.4) is 0 Å². The maximum Gasteiger partial charge on any atom is 0.337 e. The number of nitriles is 1. The number of carbonyl (C=O) groups is 1. The number of rotatable bonds is 7. The molecule has 0 fully saturated rings. The summed E-state index contributed by atoms with van der Waals surface area (Å²) in [6, 6.07) is 13.2. The Labute approximate surface area is 177 Å². The predicted octanol–water partition coefficient (Wildman–Crippen LogP) is 5.05. The van der Waals surface area contributed by atoms with E-state index in [-0.39, 0.29) is 0 Å². The number of nitrogens with zero attached hydrogens (tertiary/aromatic N) is 3. The van der Waals surface area contributed by atoms with Crippen molar-refractivity contribution >= 4 is 17.0 Å². The molecule has 156 valence electrons. The second kappa shape index (κ2) is 9.00. The van der Waals surface area contributed by atoms with E-state index in [1.165, 1.54) is 7.11 Å². The number of fused-ring (bicyclic) bond motifs is 1. The number of esters is 1. The summed E-state index contributed by atoms with van der Waals surface area (Å²) in [5.41, 5.74) is 3.42. The van der Waals surface area contributed by atoms with Gasteiger partial charge in [0.1, 0.15) is 17.6 Å². The van der Waals surface area contributed by atoms with Gasteiger partial charge in [-0.3, -0.25) is 0 Å². The molecule has 0 N–H and O–H groups in total. The molecule has 1 aromatic heterocycles. The lowest BCUT2D eigenvalue weighted by molar-refractivity contribution is 0.0601. The molecule has 0 amide bonds. The van der Waals surface area contributed by atoms with Crippen LogP contribution in [0.5, 0.6) is 5.75 Å². The average Bonchev–Trinajstić information content (AvgIpc) is 3.08. The van der Waals surface area contributed by atoms with Crippen molar-refractivity contribution in [3.63, 3.8) is 0 Å². The van der Waals surface area contributed by atoms with E-state index < -0.39 is 5.97 Å². The lowest BCUT2D eigenvalue weighted by Gasteiger charge is -2.14. The fourth-order valence-corrected chi connectivity index (χ4v) is 3.28. The van der Waals surface area contributed by atoms with Crippen molar-refractivity contribution in [2.24, 2.45) is 11.8 Å². The van der Waals surface area contributed by atoms with Crippen LogP contribution in [0.2, 0.25) is 0 Å². The van der Waals surface area contributed by atoms with Gasteiger partial charge < -0.3 is 14.0 Å². The van der Waals surface area contributed by atoms with Gasteiger partial charge in [0.05, 0.1) is 35.9 Å². The Kier molecular flexibility index (Phi) is 6.41. The summed E-state index contributed by atoms with van der Waals surface area (Å²) < 4.78 is 12.7. The molecule has 3 aromatic rings. The van der Waals surface area contributed by atoms with Crippen molar-refractivity contribution in [3.05, 3.63) is 47.5 Å². The fraction of sp³-hybridized carbons (Fsp3) is 0.375. The van der Waals surface area contributed by atoms with Crippen LogP contribution in [-0.4, -0.2) is 29.2 Å². The number of benzene rings is 2. The molecule has 30 heavy (non-hydrogen) atoms. The highest BCUT2D eigenvalue weighted by atomic mass is 16.5. The maximum absolute atomic E-state index is 11.9. The number of methoxy groups -OCH3 is 1. The quantitative estimate of drug-likeness (QED) is 0.514. The van der Waals surface area contributed by atoms with Crippen LogP contribution in [0, 0.1) is 23.2 Å². The normalized spacial score (nSPS) is 11.1.